The lowest BCUT2D eigenvalue weighted by atomic mass is 10.6. The number of carboxylic acids is 1. The first kappa shape index (κ1) is 7.93. The van der Waals surface area contributed by atoms with Crippen LogP contribution in [0.3, 0.4) is 0 Å². The standard InChI is InChI=1S/C5H7N3O2S/c1-8(2-4(9)10)5-6-3-7-11-5/h3H,2H2,1H3,(H,9,10). The summed E-state index contributed by atoms with van der Waals surface area (Å²) in [4.78, 5) is 15.6. The van der Waals surface area contributed by atoms with E-state index in [0.29, 0.717) is 5.13 Å². The normalized spacial score (nSPS) is 9.55. The van der Waals surface area contributed by atoms with Gasteiger partial charge in [0.25, 0.3) is 0 Å². The van der Waals surface area contributed by atoms with Crippen LogP contribution in [0.4, 0.5) is 5.13 Å². The molecule has 0 saturated carbocycles. The van der Waals surface area contributed by atoms with E-state index >= 15 is 0 Å². The summed E-state index contributed by atoms with van der Waals surface area (Å²) in [6.45, 7) is -0.0464. The number of anilines is 1. The summed E-state index contributed by atoms with van der Waals surface area (Å²) in [7, 11) is 1.66. The molecule has 11 heavy (non-hydrogen) atoms. The lowest BCUT2D eigenvalue weighted by molar-refractivity contribution is -0.135. The van der Waals surface area contributed by atoms with Crippen molar-refractivity contribution in [2.24, 2.45) is 0 Å². The van der Waals surface area contributed by atoms with Gasteiger partial charge in [-0.15, -0.1) is 0 Å². The molecular formula is C5H7N3O2S. The van der Waals surface area contributed by atoms with Crippen LogP contribution in [0, 0.1) is 0 Å². The van der Waals surface area contributed by atoms with Gasteiger partial charge in [-0.3, -0.25) is 4.79 Å². The number of carbonyl (C=O) groups is 1. The van der Waals surface area contributed by atoms with Crippen molar-refractivity contribution in [3.63, 3.8) is 0 Å². The predicted octanol–water partition coefficient (Wildman–Crippen LogP) is 0.0589. The second-order valence-corrected chi connectivity index (χ2v) is 2.73. The Hall–Kier alpha value is -1.17. The molecule has 0 aliphatic rings. The Morgan fingerprint density at radius 2 is 2.64 bits per heavy atom. The first-order valence-corrected chi connectivity index (χ1v) is 3.67. The van der Waals surface area contributed by atoms with Crippen LogP contribution in [-0.2, 0) is 4.79 Å². The summed E-state index contributed by atoms with van der Waals surface area (Å²) in [6, 6.07) is 0. The molecule has 1 N–H and O–H groups in total. The molecule has 0 radical (unpaired) electrons. The molecule has 1 rings (SSSR count). The van der Waals surface area contributed by atoms with Crippen LogP contribution in [0.2, 0.25) is 0 Å². The molecule has 5 nitrogen and oxygen atoms in total. The minimum absolute atomic E-state index is 0.0464. The topological polar surface area (TPSA) is 66.3 Å². The Bertz CT molecular complexity index is 236. The van der Waals surface area contributed by atoms with E-state index in [-0.39, 0.29) is 6.54 Å². The summed E-state index contributed by atoms with van der Waals surface area (Å²) in [5, 5.41) is 9.02. The van der Waals surface area contributed by atoms with Gasteiger partial charge in [0.05, 0.1) is 0 Å². The monoisotopic (exact) mass is 173 g/mol. The summed E-state index contributed by atoms with van der Waals surface area (Å²) < 4.78 is 3.75. The average molecular weight is 173 g/mol. The van der Waals surface area contributed by atoms with Gasteiger partial charge in [0.1, 0.15) is 12.9 Å². The number of aromatic nitrogens is 2. The summed E-state index contributed by atoms with van der Waals surface area (Å²) in [6.07, 6.45) is 1.40. The van der Waals surface area contributed by atoms with Crippen molar-refractivity contribution in [1.82, 2.24) is 9.36 Å². The zero-order valence-electron chi connectivity index (χ0n) is 5.89. The van der Waals surface area contributed by atoms with Crippen molar-refractivity contribution < 1.29 is 9.90 Å². The molecule has 1 aromatic rings. The maximum atomic E-state index is 10.2. The van der Waals surface area contributed by atoms with Crippen LogP contribution in [0.5, 0.6) is 0 Å². The van der Waals surface area contributed by atoms with Crippen LogP contribution in [-0.4, -0.2) is 34.0 Å². The number of hydrogen-bond acceptors (Lipinski definition) is 5. The van der Waals surface area contributed by atoms with Gasteiger partial charge in [0.15, 0.2) is 0 Å². The molecule has 0 amide bonds. The third-order valence-corrected chi connectivity index (χ3v) is 1.83. The van der Waals surface area contributed by atoms with Crippen LogP contribution in [0.15, 0.2) is 6.33 Å². The fourth-order valence-corrected chi connectivity index (χ4v) is 1.09. The quantitative estimate of drug-likeness (QED) is 0.700. The predicted molar refractivity (Wildman–Crippen MR) is 40.8 cm³/mol. The SMILES string of the molecule is CN(CC(=O)O)c1ncns1. The zero-order valence-corrected chi connectivity index (χ0v) is 6.71. The van der Waals surface area contributed by atoms with E-state index in [9.17, 15) is 4.79 Å². The highest BCUT2D eigenvalue weighted by Gasteiger charge is 2.07. The van der Waals surface area contributed by atoms with Gasteiger partial charge in [-0.25, -0.2) is 4.98 Å². The number of likely N-dealkylation sites (N-methyl/N-ethyl adjacent to an activating group) is 1. The average Bonchev–Trinajstić information content (AvgIpc) is 2.35. The molecule has 0 saturated heterocycles. The van der Waals surface area contributed by atoms with Crippen molar-refractivity contribution >= 4 is 22.6 Å². The van der Waals surface area contributed by atoms with Crippen molar-refractivity contribution in [3.05, 3.63) is 6.33 Å². The highest BCUT2D eigenvalue weighted by Crippen LogP contribution is 2.11. The molecule has 0 fully saturated rings. The lowest BCUT2D eigenvalue weighted by Gasteiger charge is -2.10. The zero-order chi connectivity index (χ0) is 8.27. The van der Waals surface area contributed by atoms with Gasteiger partial charge in [-0.2, -0.15) is 4.37 Å². The lowest BCUT2D eigenvalue weighted by Crippen LogP contribution is -2.24. The number of rotatable bonds is 3. The Labute approximate surface area is 67.5 Å². The van der Waals surface area contributed by atoms with Crippen molar-refractivity contribution in [3.8, 4) is 0 Å². The van der Waals surface area contributed by atoms with Gasteiger partial charge in [-0.1, -0.05) is 0 Å². The molecule has 60 valence electrons. The van der Waals surface area contributed by atoms with Crippen molar-refractivity contribution in [1.29, 1.82) is 0 Å². The number of hydrogen-bond donors (Lipinski definition) is 1. The molecule has 0 bridgehead atoms. The molecule has 0 aromatic carbocycles. The van der Waals surface area contributed by atoms with Gasteiger partial charge in [-0.05, 0) is 0 Å². The molecule has 6 heteroatoms. The molecule has 1 aromatic heterocycles. The first-order valence-electron chi connectivity index (χ1n) is 2.90. The van der Waals surface area contributed by atoms with Gasteiger partial charge in [0, 0.05) is 18.6 Å². The van der Waals surface area contributed by atoms with E-state index in [1.165, 1.54) is 22.8 Å². The summed E-state index contributed by atoms with van der Waals surface area (Å²) in [5.41, 5.74) is 0. The minimum Gasteiger partial charge on any atom is -0.480 e. The Balaban J connectivity index is 2.56. The van der Waals surface area contributed by atoms with Crippen molar-refractivity contribution in [2.45, 2.75) is 0 Å². The van der Waals surface area contributed by atoms with E-state index in [1.807, 2.05) is 0 Å². The summed E-state index contributed by atoms with van der Waals surface area (Å²) in [5.74, 6) is -0.872. The van der Waals surface area contributed by atoms with Gasteiger partial charge >= 0.3 is 5.97 Å². The maximum Gasteiger partial charge on any atom is 0.323 e. The van der Waals surface area contributed by atoms with E-state index < -0.39 is 5.97 Å². The minimum atomic E-state index is -0.872. The highest BCUT2D eigenvalue weighted by atomic mass is 32.1. The molecule has 0 spiro atoms. The molecular weight excluding hydrogens is 166 g/mol. The van der Waals surface area contributed by atoms with Crippen LogP contribution >= 0.6 is 11.5 Å². The second kappa shape index (κ2) is 3.29. The summed E-state index contributed by atoms with van der Waals surface area (Å²) >= 11 is 1.17. The van der Waals surface area contributed by atoms with Crippen LogP contribution in [0.1, 0.15) is 0 Å². The molecule has 1 heterocycles. The molecule has 0 atom stereocenters. The third kappa shape index (κ3) is 2.15. The first-order chi connectivity index (χ1) is 5.20. The fourth-order valence-electron chi connectivity index (χ4n) is 0.606. The fraction of sp³-hybridized carbons (Fsp3) is 0.400. The number of nitrogens with zero attached hydrogens (tertiary/aromatic N) is 3. The van der Waals surface area contributed by atoms with E-state index in [0.717, 1.165) is 0 Å². The van der Waals surface area contributed by atoms with E-state index in [1.54, 1.807) is 7.05 Å². The second-order valence-electron chi connectivity index (χ2n) is 1.97. The van der Waals surface area contributed by atoms with Crippen LogP contribution in [0.25, 0.3) is 0 Å². The van der Waals surface area contributed by atoms with Crippen LogP contribution < -0.4 is 4.90 Å². The maximum absolute atomic E-state index is 10.2. The van der Waals surface area contributed by atoms with Crippen molar-refractivity contribution in [2.75, 3.05) is 18.5 Å². The molecule has 0 aliphatic heterocycles. The number of aliphatic carboxylic acids is 1. The van der Waals surface area contributed by atoms with E-state index in [2.05, 4.69) is 9.36 Å². The Morgan fingerprint density at radius 3 is 3.09 bits per heavy atom. The molecule has 0 unspecified atom stereocenters. The largest absolute Gasteiger partial charge is 0.480 e. The van der Waals surface area contributed by atoms with Gasteiger partial charge in [0.2, 0.25) is 5.13 Å². The Morgan fingerprint density at radius 1 is 1.91 bits per heavy atom. The van der Waals surface area contributed by atoms with E-state index in [4.69, 9.17) is 5.11 Å². The molecule has 0 aliphatic carbocycles. The number of carboxylic acid groups (broad SMARTS) is 1. The third-order valence-electron chi connectivity index (χ3n) is 1.05. The smallest absolute Gasteiger partial charge is 0.323 e. The van der Waals surface area contributed by atoms with Gasteiger partial charge < -0.3 is 10.0 Å². The Kier molecular flexibility index (Phi) is 2.37. The highest BCUT2D eigenvalue weighted by molar-refractivity contribution is 7.09.